The number of nitrogens with zero attached hydrogens (tertiary/aromatic N) is 3. The average molecular weight is 260 g/mol. The van der Waals surface area contributed by atoms with Crippen LogP contribution < -0.4 is 5.32 Å². The fourth-order valence-corrected chi connectivity index (χ4v) is 1.76. The second-order valence-corrected chi connectivity index (χ2v) is 4.65. The summed E-state index contributed by atoms with van der Waals surface area (Å²) < 4.78 is 0. The number of aromatic nitrogens is 1. The SMILES string of the molecule is CCN(CC(=O)NC(C)C)Cc1cccnc1C#N. The smallest absolute Gasteiger partial charge is 0.234 e. The van der Waals surface area contributed by atoms with Crippen LogP contribution in [0.2, 0.25) is 0 Å². The van der Waals surface area contributed by atoms with Gasteiger partial charge in [-0.05, 0) is 26.5 Å². The molecule has 0 saturated carbocycles. The van der Waals surface area contributed by atoms with Gasteiger partial charge in [0.2, 0.25) is 5.91 Å². The number of nitriles is 1. The molecule has 0 atom stereocenters. The molecule has 0 aliphatic carbocycles. The molecule has 102 valence electrons. The lowest BCUT2D eigenvalue weighted by atomic mass is 10.2. The Balaban J connectivity index is 2.67. The van der Waals surface area contributed by atoms with E-state index in [0.29, 0.717) is 18.8 Å². The topological polar surface area (TPSA) is 69.0 Å². The number of carbonyl (C=O) groups is 1. The number of hydrogen-bond donors (Lipinski definition) is 1. The number of hydrogen-bond acceptors (Lipinski definition) is 4. The molecule has 0 aromatic carbocycles. The second-order valence-electron chi connectivity index (χ2n) is 4.65. The van der Waals surface area contributed by atoms with E-state index in [1.54, 1.807) is 12.3 Å². The Hall–Kier alpha value is -1.93. The van der Waals surface area contributed by atoms with Crippen molar-refractivity contribution in [1.82, 2.24) is 15.2 Å². The van der Waals surface area contributed by atoms with E-state index >= 15 is 0 Å². The minimum Gasteiger partial charge on any atom is -0.353 e. The monoisotopic (exact) mass is 260 g/mol. The molecule has 1 heterocycles. The summed E-state index contributed by atoms with van der Waals surface area (Å²) in [6, 6.07) is 5.88. The first-order chi connectivity index (χ1) is 9.06. The largest absolute Gasteiger partial charge is 0.353 e. The fourth-order valence-electron chi connectivity index (χ4n) is 1.76. The summed E-state index contributed by atoms with van der Waals surface area (Å²) in [6.45, 7) is 7.48. The molecule has 0 unspecified atom stereocenters. The molecule has 1 amide bonds. The van der Waals surface area contributed by atoms with E-state index in [0.717, 1.165) is 12.1 Å². The maximum Gasteiger partial charge on any atom is 0.234 e. The van der Waals surface area contributed by atoms with E-state index in [2.05, 4.69) is 16.4 Å². The van der Waals surface area contributed by atoms with Crippen molar-refractivity contribution < 1.29 is 4.79 Å². The van der Waals surface area contributed by atoms with Gasteiger partial charge in [0.25, 0.3) is 0 Å². The zero-order valence-corrected chi connectivity index (χ0v) is 11.7. The third-order valence-electron chi connectivity index (χ3n) is 2.66. The lowest BCUT2D eigenvalue weighted by Gasteiger charge is -2.21. The van der Waals surface area contributed by atoms with Crippen LogP contribution in [0.5, 0.6) is 0 Å². The van der Waals surface area contributed by atoms with Gasteiger partial charge in [-0.25, -0.2) is 4.98 Å². The van der Waals surface area contributed by atoms with E-state index in [1.807, 2.05) is 31.7 Å². The third kappa shape index (κ3) is 5.06. The van der Waals surface area contributed by atoms with Crippen LogP contribution in [0.4, 0.5) is 0 Å². The minimum atomic E-state index is -0.000696. The van der Waals surface area contributed by atoms with Crippen molar-refractivity contribution in [2.75, 3.05) is 13.1 Å². The molecule has 0 aliphatic rings. The zero-order valence-electron chi connectivity index (χ0n) is 11.7. The van der Waals surface area contributed by atoms with Crippen LogP contribution in [0.25, 0.3) is 0 Å². The molecule has 5 heteroatoms. The van der Waals surface area contributed by atoms with E-state index in [4.69, 9.17) is 5.26 Å². The Morgan fingerprint density at radius 3 is 2.89 bits per heavy atom. The number of rotatable bonds is 6. The first-order valence-electron chi connectivity index (χ1n) is 6.42. The van der Waals surface area contributed by atoms with E-state index in [1.165, 1.54) is 0 Å². The summed E-state index contributed by atoms with van der Waals surface area (Å²) in [6.07, 6.45) is 1.60. The highest BCUT2D eigenvalue weighted by Crippen LogP contribution is 2.07. The maximum absolute atomic E-state index is 11.7. The standard InChI is InChI=1S/C14H20N4O/c1-4-18(10-14(19)17-11(2)3)9-12-6-5-7-16-13(12)8-15/h5-7,11H,4,9-10H2,1-3H3,(H,17,19). The van der Waals surface area contributed by atoms with E-state index < -0.39 is 0 Å². The van der Waals surface area contributed by atoms with Gasteiger partial charge in [0.15, 0.2) is 0 Å². The van der Waals surface area contributed by atoms with Gasteiger partial charge in [-0.2, -0.15) is 5.26 Å². The maximum atomic E-state index is 11.7. The average Bonchev–Trinajstić information content (AvgIpc) is 2.37. The molecule has 1 aromatic rings. The summed E-state index contributed by atoms with van der Waals surface area (Å²) >= 11 is 0. The molecule has 1 rings (SSSR count). The van der Waals surface area contributed by atoms with E-state index in [9.17, 15) is 4.79 Å². The van der Waals surface area contributed by atoms with Gasteiger partial charge in [-0.15, -0.1) is 0 Å². The minimum absolute atomic E-state index is 0.000696. The van der Waals surface area contributed by atoms with Crippen LogP contribution in [-0.4, -0.2) is 34.9 Å². The van der Waals surface area contributed by atoms with Crippen LogP contribution >= 0.6 is 0 Å². The summed E-state index contributed by atoms with van der Waals surface area (Å²) in [4.78, 5) is 17.7. The molecule has 0 spiro atoms. The van der Waals surface area contributed by atoms with Crippen molar-refractivity contribution in [1.29, 1.82) is 5.26 Å². The molecule has 0 aliphatic heterocycles. The van der Waals surface area contributed by atoms with Gasteiger partial charge < -0.3 is 5.32 Å². The summed E-state index contributed by atoms with van der Waals surface area (Å²) in [5.41, 5.74) is 1.27. The molecule has 1 aromatic heterocycles. The van der Waals surface area contributed by atoms with Crippen LogP contribution in [0, 0.1) is 11.3 Å². The van der Waals surface area contributed by atoms with E-state index in [-0.39, 0.29) is 11.9 Å². The highest BCUT2D eigenvalue weighted by molar-refractivity contribution is 5.78. The number of amides is 1. The van der Waals surface area contributed by atoms with Crippen LogP contribution in [0.3, 0.4) is 0 Å². The molecule has 0 radical (unpaired) electrons. The van der Waals surface area contributed by atoms with Gasteiger partial charge in [-0.1, -0.05) is 13.0 Å². The number of likely N-dealkylation sites (N-methyl/N-ethyl adjacent to an activating group) is 1. The highest BCUT2D eigenvalue weighted by Gasteiger charge is 2.12. The Kier molecular flexibility index (Phi) is 5.97. The predicted molar refractivity (Wildman–Crippen MR) is 73.2 cm³/mol. The summed E-state index contributed by atoms with van der Waals surface area (Å²) in [7, 11) is 0. The molecule has 0 bridgehead atoms. The van der Waals surface area contributed by atoms with Crippen LogP contribution in [0.1, 0.15) is 32.0 Å². The first kappa shape index (κ1) is 15.1. The Bertz CT molecular complexity index is 465. The molecule has 19 heavy (non-hydrogen) atoms. The van der Waals surface area contributed by atoms with Crippen molar-refractivity contribution in [3.8, 4) is 6.07 Å². The van der Waals surface area contributed by atoms with Gasteiger partial charge >= 0.3 is 0 Å². The Morgan fingerprint density at radius 1 is 1.58 bits per heavy atom. The zero-order chi connectivity index (χ0) is 14.3. The van der Waals surface area contributed by atoms with Crippen molar-refractivity contribution in [3.63, 3.8) is 0 Å². The number of nitrogens with one attached hydrogen (secondary N) is 1. The van der Waals surface area contributed by atoms with Crippen LogP contribution in [-0.2, 0) is 11.3 Å². The summed E-state index contributed by atoms with van der Waals surface area (Å²) in [5, 5.41) is 11.9. The van der Waals surface area contributed by atoms with Gasteiger partial charge in [-0.3, -0.25) is 9.69 Å². The Labute approximate surface area is 114 Å². The molecule has 0 saturated heterocycles. The van der Waals surface area contributed by atoms with Crippen molar-refractivity contribution >= 4 is 5.91 Å². The fraction of sp³-hybridized carbons (Fsp3) is 0.500. The van der Waals surface area contributed by atoms with Crippen molar-refractivity contribution in [2.45, 2.75) is 33.4 Å². The van der Waals surface area contributed by atoms with Crippen LogP contribution in [0.15, 0.2) is 18.3 Å². The normalized spacial score (nSPS) is 10.5. The van der Waals surface area contributed by atoms with Gasteiger partial charge in [0.1, 0.15) is 11.8 Å². The van der Waals surface area contributed by atoms with Gasteiger partial charge in [0.05, 0.1) is 6.54 Å². The molecule has 5 nitrogen and oxygen atoms in total. The first-order valence-corrected chi connectivity index (χ1v) is 6.42. The molecular formula is C14H20N4O. The quantitative estimate of drug-likeness (QED) is 0.837. The number of carbonyl (C=O) groups excluding carboxylic acids is 1. The van der Waals surface area contributed by atoms with Crippen molar-refractivity contribution in [2.24, 2.45) is 0 Å². The number of pyridine rings is 1. The molecule has 0 fully saturated rings. The molecule has 1 N–H and O–H groups in total. The second kappa shape index (κ2) is 7.49. The predicted octanol–water partition coefficient (Wildman–Crippen LogP) is 1.30. The molecular weight excluding hydrogens is 240 g/mol. The summed E-state index contributed by atoms with van der Waals surface area (Å²) in [5.74, 6) is -0.000696. The third-order valence-corrected chi connectivity index (χ3v) is 2.66. The Morgan fingerprint density at radius 2 is 2.32 bits per heavy atom. The lowest BCUT2D eigenvalue weighted by molar-refractivity contribution is -0.122. The van der Waals surface area contributed by atoms with Crippen molar-refractivity contribution in [3.05, 3.63) is 29.6 Å². The highest BCUT2D eigenvalue weighted by atomic mass is 16.2. The van der Waals surface area contributed by atoms with Gasteiger partial charge in [0, 0.05) is 24.3 Å². The lowest BCUT2D eigenvalue weighted by Crippen LogP contribution is -2.39.